The molecule has 0 spiro atoms. The van der Waals surface area contributed by atoms with Gasteiger partial charge in [-0.2, -0.15) is 0 Å². The van der Waals surface area contributed by atoms with Crippen molar-refractivity contribution in [3.05, 3.63) is 0 Å². The molecule has 2 amide bonds. The molecule has 1 aliphatic heterocycles. The number of halogens is 1. The predicted octanol–water partition coefficient (Wildman–Crippen LogP) is 0.706. The molecule has 0 aromatic rings. The minimum absolute atomic E-state index is 0.0121. The molecule has 1 saturated heterocycles. The van der Waals surface area contributed by atoms with Crippen molar-refractivity contribution in [1.29, 1.82) is 0 Å². The van der Waals surface area contributed by atoms with Crippen LogP contribution in [0.25, 0.3) is 0 Å². The number of likely N-dealkylation sites (N-methyl/N-ethyl adjacent to an activating group) is 1. The van der Waals surface area contributed by atoms with E-state index in [4.69, 9.17) is 0 Å². The highest BCUT2D eigenvalue weighted by molar-refractivity contribution is 9.10. The van der Waals surface area contributed by atoms with E-state index in [9.17, 15) is 9.59 Å². The molecule has 0 saturated carbocycles. The number of hydrogen-bond acceptors (Lipinski definition) is 2. The predicted molar refractivity (Wildman–Crippen MR) is 61.8 cm³/mol. The van der Waals surface area contributed by atoms with Gasteiger partial charge in [-0.1, -0.05) is 29.8 Å². The maximum atomic E-state index is 11.9. The Morgan fingerprint density at radius 1 is 1.40 bits per heavy atom. The van der Waals surface area contributed by atoms with Crippen LogP contribution in [0.5, 0.6) is 0 Å². The van der Waals surface area contributed by atoms with E-state index < -0.39 is 0 Å². The third kappa shape index (κ3) is 2.93. The Hall–Kier alpha value is -0.580. The van der Waals surface area contributed by atoms with Gasteiger partial charge in [0.1, 0.15) is 0 Å². The Morgan fingerprint density at radius 3 is 2.47 bits per heavy atom. The fourth-order valence-electron chi connectivity index (χ4n) is 1.41. The van der Waals surface area contributed by atoms with Gasteiger partial charge in [0.25, 0.3) is 0 Å². The van der Waals surface area contributed by atoms with Crippen molar-refractivity contribution >= 4 is 27.7 Å². The summed E-state index contributed by atoms with van der Waals surface area (Å²) in [6.45, 7) is 5.44. The first kappa shape index (κ1) is 12.5. The van der Waals surface area contributed by atoms with Gasteiger partial charge in [0.2, 0.25) is 11.8 Å². The van der Waals surface area contributed by atoms with Gasteiger partial charge in [0.15, 0.2) is 0 Å². The van der Waals surface area contributed by atoms with Crippen molar-refractivity contribution in [3.8, 4) is 0 Å². The summed E-state index contributed by atoms with van der Waals surface area (Å²) in [6, 6.07) is 0. The fraction of sp³-hybridized carbons (Fsp3) is 0.800. The van der Waals surface area contributed by atoms with Crippen LogP contribution >= 0.6 is 15.9 Å². The summed E-state index contributed by atoms with van der Waals surface area (Å²) >= 11 is 3.36. The maximum absolute atomic E-state index is 11.9. The lowest BCUT2D eigenvalue weighted by atomic mass is 10.1. The lowest BCUT2D eigenvalue weighted by Crippen LogP contribution is -2.52. The number of amides is 2. The highest BCUT2D eigenvalue weighted by Gasteiger charge is 2.29. The summed E-state index contributed by atoms with van der Waals surface area (Å²) in [6.07, 6.45) is 0. The topological polar surface area (TPSA) is 40.6 Å². The minimum Gasteiger partial charge on any atom is -0.342 e. The highest BCUT2D eigenvalue weighted by atomic mass is 79.9. The SMILES string of the molecule is CC(C)C(Br)C(=O)N1CCN(C)C(=O)C1. The van der Waals surface area contributed by atoms with Gasteiger partial charge in [0.05, 0.1) is 11.4 Å². The van der Waals surface area contributed by atoms with Crippen LogP contribution in [0.4, 0.5) is 0 Å². The monoisotopic (exact) mass is 276 g/mol. The summed E-state index contributed by atoms with van der Waals surface area (Å²) in [5, 5.41) is 0. The molecule has 4 nitrogen and oxygen atoms in total. The van der Waals surface area contributed by atoms with Gasteiger partial charge in [0, 0.05) is 20.1 Å². The van der Waals surface area contributed by atoms with Gasteiger partial charge in [-0.3, -0.25) is 9.59 Å². The van der Waals surface area contributed by atoms with E-state index in [2.05, 4.69) is 15.9 Å². The zero-order valence-corrected chi connectivity index (χ0v) is 11.0. The number of nitrogens with zero attached hydrogens (tertiary/aromatic N) is 2. The third-order valence-corrected chi connectivity index (χ3v) is 4.04. The number of rotatable bonds is 2. The second kappa shape index (κ2) is 4.96. The first-order valence-corrected chi connectivity index (χ1v) is 6.02. The van der Waals surface area contributed by atoms with E-state index in [1.165, 1.54) is 0 Å². The normalized spacial score (nSPS) is 19.7. The van der Waals surface area contributed by atoms with Crippen LogP contribution in [0.1, 0.15) is 13.8 Å². The second-order valence-electron chi connectivity index (χ2n) is 4.22. The van der Waals surface area contributed by atoms with Gasteiger partial charge in [-0.05, 0) is 5.92 Å². The van der Waals surface area contributed by atoms with Crippen LogP contribution in [-0.4, -0.2) is 53.1 Å². The number of carbonyl (C=O) groups excluding carboxylic acids is 2. The Bertz CT molecular complexity index is 268. The van der Waals surface area contributed by atoms with Crippen LogP contribution in [-0.2, 0) is 9.59 Å². The zero-order valence-electron chi connectivity index (χ0n) is 9.36. The molecule has 0 N–H and O–H groups in total. The van der Waals surface area contributed by atoms with Gasteiger partial charge >= 0.3 is 0 Å². The van der Waals surface area contributed by atoms with Crippen LogP contribution in [0.15, 0.2) is 0 Å². The van der Waals surface area contributed by atoms with Crippen LogP contribution in [0, 0.1) is 5.92 Å². The van der Waals surface area contributed by atoms with Crippen molar-refractivity contribution in [2.24, 2.45) is 5.92 Å². The van der Waals surface area contributed by atoms with E-state index >= 15 is 0 Å². The summed E-state index contributed by atoms with van der Waals surface area (Å²) in [7, 11) is 1.76. The lowest BCUT2D eigenvalue weighted by molar-refractivity contribution is -0.144. The molecule has 1 unspecified atom stereocenters. The quantitative estimate of drug-likeness (QED) is 0.697. The Kier molecular flexibility index (Phi) is 4.13. The Morgan fingerprint density at radius 2 is 2.00 bits per heavy atom. The van der Waals surface area contributed by atoms with Gasteiger partial charge in [-0.15, -0.1) is 0 Å². The van der Waals surface area contributed by atoms with Crippen molar-refractivity contribution in [3.63, 3.8) is 0 Å². The van der Waals surface area contributed by atoms with E-state index in [0.29, 0.717) is 13.1 Å². The summed E-state index contributed by atoms with van der Waals surface area (Å²) < 4.78 is 0. The van der Waals surface area contributed by atoms with E-state index in [1.807, 2.05) is 13.8 Å². The number of hydrogen-bond donors (Lipinski definition) is 0. The molecule has 15 heavy (non-hydrogen) atoms. The van der Waals surface area contributed by atoms with Gasteiger partial charge in [-0.25, -0.2) is 0 Å². The van der Waals surface area contributed by atoms with E-state index in [0.717, 1.165) is 0 Å². The molecular weight excluding hydrogens is 260 g/mol. The number of alkyl halides is 1. The van der Waals surface area contributed by atoms with Crippen LogP contribution < -0.4 is 0 Å². The van der Waals surface area contributed by atoms with Crippen molar-refractivity contribution in [1.82, 2.24) is 9.80 Å². The molecule has 1 fully saturated rings. The molecule has 0 aromatic heterocycles. The average molecular weight is 277 g/mol. The second-order valence-corrected chi connectivity index (χ2v) is 5.21. The first-order chi connectivity index (χ1) is 6.93. The molecule has 5 heteroatoms. The zero-order chi connectivity index (χ0) is 11.6. The molecule has 1 aliphatic rings. The molecule has 0 aromatic carbocycles. The van der Waals surface area contributed by atoms with E-state index in [-0.39, 0.29) is 29.1 Å². The summed E-state index contributed by atoms with van der Waals surface area (Å²) in [5.74, 6) is 0.275. The first-order valence-electron chi connectivity index (χ1n) is 5.10. The molecule has 1 rings (SSSR count). The highest BCUT2D eigenvalue weighted by Crippen LogP contribution is 2.16. The maximum Gasteiger partial charge on any atom is 0.241 e. The largest absolute Gasteiger partial charge is 0.342 e. The van der Waals surface area contributed by atoms with Gasteiger partial charge < -0.3 is 9.80 Å². The van der Waals surface area contributed by atoms with Crippen LogP contribution in [0.2, 0.25) is 0 Å². The van der Waals surface area contributed by atoms with Crippen molar-refractivity contribution < 1.29 is 9.59 Å². The Balaban J connectivity index is 2.58. The molecule has 0 bridgehead atoms. The Labute approximate surface area is 98.7 Å². The standard InChI is InChI=1S/C10H17BrN2O2/c1-7(2)9(11)10(15)13-5-4-12(3)8(14)6-13/h7,9H,4-6H2,1-3H3. The molecule has 1 atom stereocenters. The molecular formula is C10H17BrN2O2. The molecule has 1 heterocycles. The third-order valence-electron chi connectivity index (χ3n) is 2.59. The van der Waals surface area contributed by atoms with Crippen molar-refractivity contribution in [2.45, 2.75) is 18.7 Å². The van der Waals surface area contributed by atoms with E-state index in [1.54, 1.807) is 16.8 Å². The van der Waals surface area contributed by atoms with Crippen LogP contribution in [0.3, 0.4) is 0 Å². The fourth-order valence-corrected chi connectivity index (χ4v) is 1.70. The number of carbonyl (C=O) groups is 2. The summed E-state index contributed by atoms with van der Waals surface area (Å²) in [4.78, 5) is 26.4. The summed E-state index contributed by atoms with van der Waals surface area (Å²) in [5.41, 5.74) is 0. The van der Waals surface area contributed by atoms with Crippen molar-refractivity contribution in [2.75, 3.05) is 26.7 Å². The number of piperazine rings is 1. The lowest BCUT2D eigenvalue weighted by Gasteiger charge is -2.33. The molecule has 0 aliphatic carbocycles. The molecule has 86 valence electrons. The average Bonchev–Trinajstić information content (AvgIpc) is 2.19. The smallest absolute Gasteiger partial charge is 0.241 e. The molecule has 0 radical (unpaired) electrons. The minimum atomic E-state index is -0.186.